The third-order valence-corrected chi connectivity index (χ3v) is 4.23. The van der Waals surface area contributed by atoms with Gasteiger partial charge in [0.2, 0.25) is 0 Å². The Labute approximate surface area is 110 Å². The first-order chi connectivity index (χ1) is 8.78. The van der Waals surface area contributed by atoms with E-state index in [1.165, 1.54) is 31.2 Å². The van der Waals surface area contributed by atoms with Crippen molar-refractivity contribution in [3.63, 3.8) is 0 Å². The smallest absolute Gasteiger partial charge is 0.0616 e. The van der Waals surface area contributed by atoms with Gasteiger partial charge in [-0.1, -0.05) is 50.1 Å². The highest BCUT2D eigenvalue weighted by Crippen LogP contribution is 2.24. The lowest BCUT2D eigenvalue weighted by molar-refractivity contribution is 0.141. The summed E-state index contributed by atoms with van der Waals surface area (Å²) in [5.74, 6) is 0. The summed E-state index contributed by atoms with van der Waals surface area (Å²) in [6, 6.07) is 11.1. The molecule has 2 N–H and O–H groups in total. The van der Waals surface area contributed by atoms with E-state index in [9.17, 15) is 5.11 Å². The van der Waals surface area contributed by atoms with Crippen LogP contribution in [0, 0.1) is 0 Å². The van der Waals surface area contributed by atoms with Gasteiger partial charge in [0, 0.05) is 11.6 Å². The Morgan fingerprint density at radius 3 is 2.44 bits per heavy atom. The molecule has 18 heavy (non-hydrogen) atoms. The zero-order valence-corrected chi connectivity index (χ0v) is 11.4. The molecule has 1 aliphatic rings. The van der Waals surface area contributed by atoms with Crippen LogP contribution in [0.1, 0.15) is 44.6 Å². The first kappa shape index (κ1) is 13.6. The summed E-state index contributed by atoms with van der Waals surface area (Å²) in [4.78, 5) is 0. The average Bonchev–Trinajstić information content (AvgIpc) is 2.92. The minimum Gasteiger partial charge on any atom is -0.394 e. The fourth-order valence-electron chi connectivity index (χ4n) is 2.98. The second kappa shape index (κ2) is 6.35. The summed E-state index contributed by atoms with van der Waals surface area (Å²) in [6.07, 6.45) is 7.06. The van der Waals surface area contributed by atoms with Gasteiger partial charge in [0.05, 0.1) is 6.61 Å². The predicted molar refractivity (Wildman–Crippen MR) is 75.6 cm³/mol. The van der Waals surface area contributed by atoms with Crippen molar-refractivity contribution in [3.8, 4) is 0 Å². The Morgan fingerprint density at radius 2 is 1.89 bits per heavy atom. The average molecular weight is 247 g/mol. The minimum atomic E-state index is -0.143. The highest BCUT2D eigenvalue weighted by molar-refractivity contribution is 5.18. The van der Waals surface area contributed by atoms with E-state index in [2.05, 4.69) is 36.5 Å². The maximum Gasteiger partial charge on any atom is 0.0616 e. The zero-order chi connectivity index (χ0) is 12.8. The molecule has 1 aromatic rings. The molecule has 1 aromatic carbocycles. The third kappa shape index (κ3) is 3.33. The van der Waals surface area contributed by atoms with Crippen molar-refractivity contribution >= 4 is 0 Å². The standard InChI is InChI=1S/C16H25NO/c1-2-16(13-18,17-15-10-6-7-11-15)12-14-8-4-3-5-9-14/h3-5,8-9,15,17-18H,2,6-7,10-13H2,1H3. The van der Waals surface area contributed by atoms with E-state index < -0.39 is 0 Å². The molecule has 1 unspecified atom stereocenters. The van der Waals surface area contributed by atoms with Crippen LogP contribution < -0.4 is 5.32 Å². The topological polar surface area (TPSA) is 32.3 Å². The monoisotopic (exact) mass is 247 g/mol. The van der Waals surface area contributed by atoms with Crippen LogP contribution in [0.15, 0.2) is 30.3 Å². The summed E-state index contributed by atoms with van der Waals surface area (Å²) in [7, 11) is 0. The van der Waals surface area contributed by atoms with Crippen molar-refractivity contribution in [2.24, 2.45) is 0 Å². The second-order valence-corrected chi connectivity index (χ2v) is 5.58. The summed E-state index contributed by atoms with van der Waals surface area (Å²) < 4.78 is 0. The van der Waals surface area contributed by atoms with Crippen molar-refractivity contribution < 1.29 is 5.11 Å². The molecule has 0 saturated heterocycles. The zero-order valence-electron chi connectivity index (χ0n) is 11.4. The Hall–Kier alpha value is -0.860. The molecule has 2 heteroatoms. The van der Waals surface area contributed by atoms with Crippen molar-refractivity contribution in [2.45, 2.75) is 57.0 Å². The fraction of sp³-hybridized carbons (Fsp3) is 0.625. The first-order valence-corrected chi connectivity index (χ1v) is 7.20. The van der Waals surface area contributed by atoms with E-state index in [-0.39, 0.29) is 12.1 Å². The van der Waals surface area contributed by atoms with Crippen molar-refractivity contribution in [1.29, 1.82) is 0 Å². The van der Waals surface area contributed by atoms with Crippen LogP contribution in [0.4, 0.5) is 0 Å². The summed E-state index contributed by atoms with van der Waals surface area (Å²) in [6.45, 7) is 2.38. The van der Waals surface area contributed by atoms with Crippen molar-refractivity contribution in [1.82, 2.24) is 5.32 Å². The summed E-state index contributed by atoms with van der Waals surface area (Å²) >= 11 is 0. The number of aliphatic hydroxyl groups is 1. The number of nitrogens with one attached hydrogen (secondary N) is 1. The van der Waals surface area contributed by atoms with E-state index >= 15 is 0 Å². The van der Waals surface area contributed by atoms with Crippen LogP contribution in [0.3, 0.4) is 0 Å². The van der Waals surface area contributed by atoms with E-state index in [0.29, 0.717) is 6.04 Å². The van der Waals surface area contributed by atoms with Crippen LogP contribution in [-0.4, -0.2) is 23.3 Å². The molecule has 2 rings (SSSR count). The lowest BCUT2D eigenvalue weighted by Crippen LogP contribution is -2.53. The normalized spacial score (nSPS) is 19.9. The summed E-state index contributed by atoms with van der Waals surface area (Å²) in [5.41, 5.74) is 1.16. The molecule has 0 bridgehead atoms. The quantitative estimate of drug-likeness (QED) is 0.810. The maximum absolute atomic E-state index is 9.84. The number of rotatable bonds is 6. The van der Waals surface area contributed by atoms with Crippen LogP contribution in [0.25, 0.3) is 0 Å². The van der Waals surface area contributed by atoms with Gasteiger partial charge >= 0.3 is 0 Å². The Kier molecular flexibility index (Phi) is 4.79. The van der Waals surface area contributed by atoms with Crippen LogP contribution in [0.2, 0.25) is 0 Å². The molecular weight excluding hydrogens is 222 g/mol. The number of hydrogen-bond acceptors (Lipinski definition) is 2. The van der Waals surface area contributed by atoms with Gasteiger partial charge in [-0.05, 0) is 31.2 Å². The molecule has 0 radical (unpaired) electrons. The number of hydrogen-bond donors (Lipinski definition) is 2. The van der Waals surface area contributed by atoms with Gasteiger partial charge in [-0.15, -0.1) is 0 Å². The van der Waals surface area contributed by atoms with Gasteiger partial charge < -0.3 is 10.4 Å². The largest absolute Gasteiger partial charge is 0.394 e. The molecule has 0 heterocycles. The van der Waals surface area contributed by atoms with Crippen molar-refractivity contribution in [2.75, 3.05) is 6.61 Å². The van der Waals surface area contributed by atoms with Crippen molar-refractivity contribution in [3.05, 3.63) is 35.9 Å². The molecule has 1 atom stereocenters. The molecule has 100 valence electrons. The number of aliphatic hydroxyl groups excluding tert-OH is 1. The van der Waals surface area contributed by atoms with Gasteiger partial charge in [0.1, 0.15) is 0 Å². The van der Waals surface area contributed by atoms with E-state index in [0.717, 1.165) is 12.8 Å². The Balaban J connectivity index is 2.05. The first-order valence-electron chi connectivity index (χ1n) is 7.20. The van der Waals surface area contributed by atoms with E-state index in [4.69, 9.17) is 0 Å². The van der Waals surface area contributed by atoms with Gasteiger partial charge in [0.25, 0.3) is 0 Å². The summed E-state index contributed by atoms with van der Waals surface area (Å²) in [5, 5.41) is 13.6. The Bertz CT molecular complexity index is 339. The molecule has 1 fully saturated rings. The SMILES string of the molecule is CCC(CO)(Cc1ccccc1)NC1CCCC1. The maximum atomic E-state index is 9.84. The molecule has 0 spiro atoms. The lowest BCUT2D eigenvalue weighted by Gasteiger charge is -2.35. The third-order valence-electron chi connectivity index (χ3n) is 4.23. The minimum absolute atomic E-state index is 0.143. The highest BCUT2D eigenvalue weighted by Gasteiger charge is 2.31. The molecule has 0 aliphatic heterocycles. The lowest BCUT2D eigenvalue weighted by atomic mass is 9.88. The van der Waals surface area contributed by atoms with Gasteiger partial charge in [-0.2, -0.15) is 0 Å². The molecule has 0 amide bonds. The van der Waals surface area contributed by atoms with Crippen LogP contribution >= 0.6 is 0 Å². The predicted octanol–water partition coefficient (Wildman–Crippen LogP) is 2.90. The van der Waals surface area contributed by atoms with Gasteiger partial charge in [-0.3, -0.25) is 0 Å². The van der Waals surface area contributed by atoms with Gasteiger partial charge in [-0.25, -0.2) is 0 Å². The van der Waals surface area contributed by atoms with E-state index in [1.54, 1.807) is 0 Å². The van der Waals surface area contributed by atoms with E-state index in [1.807, 2.05) is 6.07 Å². The molecule has 1 saturated carbocycles. The fourth-order valence-corrected chi connectivity index (χ4v) is 2.98. The second-order valence-electron chi connectivity index (χ2n) is 5.58. The molecule has 1 aliphatic carbocycles. The van der Waals surface area contributed by atoms with Crippen LogP contribution in [0.5, 0.6) is 0 Å². The number of benzene rings is 1. The van der Waals surface area contributed by atoms with Gasteiger partial charge in [0.15, 0.2) is 0 Å². The highest BCUT2D eigenvalue weighted by atomic mass is 16.3. The molecule has 2 nitrogen and oxygen atoms in total. The molecule has 0 aromatic heterocycles. The Morgan fingerprint density at radius 1 is 1.22 bits per heavy atom. The van der Waals surface area contributed by atoms with Crippen LogP contribution in [-0.2, 0) is 6.42 Å². The molecular formula is C16H25NO.